The van der Waals surface area contributed by atoms with Crippen LogP contribution in [0.2, 0.25) is 0 Å². The lowest BCUT2D eigenvalue weighted by Crippen LogP contribution is -2.45. The maximum atomic E-state index is 12.4. The van der Waals surface area contributed by atoms with Gasteiger partial charge in [-0.1, -0.05) is 49.6 Å². The van der Waals surface area contributed by atoms with Crippen LogP contribution in [0.15, 0.2) is 53.6 Å². The summed E-state index contributed by atoms with van der Waals surface area (Å²) in [4.78, 5) is 12.4. The van der Waals surface area contributed by atoms with E-state index >= 15 is 0 Å². The molecule has 0 aliphatic heterocycles. The monoisotopic (exact) mass is 473 g/mol. The van der Waals surface area contributed by atoms with Gasteiger partial charge in [0.05, 0.1) is 26.1 Å². The van der Waals surface area contributed by atoms with Crippen molar-refractivity contribution in [2.75, 3.05) is 19.9 Å². The van der Waals surface area contributed by atoms with Crippen molar-refractivity contribution in [1.29, 1.82) is 0 Å². The highest BCUT2D eigenvalue weighted by Crippen LogP contribution is 2.28. The van der Waals surface area contributed by atoms with Crippen molar-refractivity contribution in [3.8, 4) is 11.5 Å². The van der Waals surface area contributed by atoms with Gasteiger partial charge in [0.15, 0.2) is 11.5 Å². The number of hydrazone groups is 1. The first kappa shape index (κ1) is 24.7. The second-order valence-electron chi connectivity index (χ2n) is 8.08. The van der Waals surface area contributed by atoms with Crippen LogP contribution in [0.5, 0.6) is 11.5 Å². The van der Waals surface area contributed by atoms with Crippen molar-refractivity contribution in [3.05, 3.63) is 59.7 Å². The largest absolute Gasteiger partial charge is 0.493 e. The van der Waals surface area contributed by atoms with Crippen molar-refractivity contribution in [1.82, 2.24) is 9.73 Å². The molecule has 1 aliphatic carbocycles. The van der Waals surface area contributed by atoms with Crippen LogP contribution in [0.25, 0.3) is 0 Å². The maximum absolute atomic E-state index is 12.4. The molecule has 0 radical (unpaired) electrons. The molecule has 0 spiro atoms. The first-order chi connectivity index (χ1) is 15.9. The van der Waals surface area contributed by atoms with Crippen molar-refractivity contribution in [2.24, 2.45) is 5.10 Å². The van der Waals surface area contributed by atoms with Crippen molar-refractivity contribution in [3.63, 3.8) is 0 Å². The van der Waals surface area contributed by atoms with Crippen LogP contribution in [-0.4, -0.2) is 50.8 Å². The highest BCUT2D eigenvalue weighted by molar-refractivity contribution is 7.88. The molecule has 8 nitrogen and oxygen atoms in total. The van der Waals surface area contributed by atoms with Gasteiger partial charge >= 0.3 is 0 Å². The Morgan fingerprint density at radius 1 is 1.12 bits per heavy atom. The van der Waals surface area contributed by atoms with Gasteiger partial charge in [-0.2, -0.15) is 9.41 Å². The van der Waals surface area contributed by atoms with Crippen LogP contribution >= 0.6 is 0 Å². The van der Waals surface area contributed by atoms with Gasteiger partial charge < -0.3 is 9.47 Å². The van der Waals surface area contributed by atoms with E-state index in [4.69, 9.17) is 9.47 Å². The summed E-state index contributed by atoms with van der Waals surface area (Å²) in [6.07, 6.45) is 7.24. The fraction of sp³-hybridized carbons (Fsp3) is 0.417. The number of hydrogen-bond donors (Lipinski definition) is 1. The smallest absolute Gasteiger partial charge is 0.255 e. The van der Waals surface area contributed by atoms with Crippen molar-refractivity contribution < 1.29 is 22.7 Å². The molecule has 1 amide bonds. The van der Waals surface area contributed by atoms with Gasteiger partial charge in [0.1, 0.15) is 6.61 Å². The summed E-state index contributed by atoms with van der Waals surface area (Å²) in [5.41, 5.74) is 4.17. The van der Waals surface area contributed by atoms with Crippen LogP contribution in [-0.2, 0) is 21.4 Å². The molecule has 0 aromatic heterocycles. The molecule has 0 atom stereocenters. The number of sulfonamides is 1. The molecule has 1 fully saturated rings. The normalized spacial score (nSPS) is 15.0. The average molecular weight is 474 g/mol. The lowest BCUT2D eigenvalue weighted by molar-refractivity contribution is -0.121. The Morgan fingerprint density at radius 3 is 2.52 bits per heavy atom. The average Bonchev–Trinajstić information content (AvgIpc) is 2.82. The summed E-state index contributed by atoms with van der Waals surface area (Å²) in [6, 6.07) is 15.0. The molecule has 2 aromatic carbocycles. The predicted molar refractivity (Wildman–Crippen MR) is 128 cm³/mol. The molecule has 0 saturated heterocycles. The van der Waals surface area contributed by atoms with Crippen LogP contribution in [0.1, 0.15) is 43.2 Å². The Balaban J connectivity index is 1.57. The van der Waals surface area contributed by atoms with E-state index in [1.807, 2.05) is 30.3 Å². The zero-order valence-corrected chi connectivity index (χ0v) is 19.9. The van der Waals surface area contributed by atoms with Gasteiger partial charge in [-0.15, -0.1) is 0 Å². The van der Waals surface area contributed by atoms with Gasteiger partial charge in [-0.05, 0) is 42.2 Å². The van der Waals surface area contributed by atoms with Gasteiger partial charge in [-0.3, -0.25) is 4.79 Å². The van der Waals surface area contributed by atoms with E-state index in [2.05, 4.69) is 10.5 Å². The van der Waals surface area contributed by atoms with Gasteiger partial charge in [0, 0.05) is 6.04 Å². The molecule has 0 unspecified atom stereocenters. The number of nitrogens with one attached hydrogen (secondary N) is 1. The number of ether oxygens (including phenoxy) is 2. The number of benzene rings is 2. The minimum atomic E-state index is -3.49. The lowest BCUT2D eigenvalue weighted by Gasteiger charge is -2.31. The first-order valence-corrected chi connectivity index (χ1v) is 12.8. The van der Waals surface area contributed by atoms with Crippen LogP contribution in [0.4, 0.5) is 0 Å². The van der Waals surface area contributed by atoms with Crippen LogP contribution in [0.3, 0.4) is 0 Å². The topological polar surface area (TPSA) is 97.3 Å². The standard InChI is InChI=1S/C24H31N3O5S/c1-31-23-15-20(13-14-22(23)32-18-19-9-5-3-6-10-19)16-25-26-24(28)17-27(33(2,29)30)21-11-7-4-8-12-21/h3,5-6,9-10,13-16,21H,4,7-8,11-12,17-18H2,1-2H3,(H,26,28)/b25-16+. The quantitative estimate of drug-likeness (QED) is 0.422. The Morgan fingerprint density at radius 2 is 1.85 bits per heavy atom. The van der Waals surface area contributed by atoms with Crippen LogP contribution in [0, 0.1) is 0 Å². The lowest BCUT2D eigenvalue weighted by atomic mass is 9.95. The van der Waals surface area contributed by atoms with E-state index < -0.39 is 15.9 Å². The second kappa shape index (κ2) is 11.8. The van der Waals surface area contributed by atoms with Crippen LogP contribution < -0.4 is 14.9 Å². The Kier molecular flexibility index (Phi) is 8.85. The summed E-state index contributed by atoms with van der Waals surface area (Å²) in [7, 11) is -1.93. The molecule has 3 rings (SSSR count). The second-order valence-corrected chi connectivity index (χ2v) is 10.0. The third-order valence-corrected chi connectivity index (χ3v) is 6.81. The number of rotatable bonds is 10. The minimum absolute atomic E-state index is 0.129. The third-order valence-electron chi connectivity index (χ3n) is 5.54. The zero-order chi connectivity index (χ0) is 23.7. The van der Waals surface area contributed by atoms with E-state index in [-0.39, 0.29) is 12.6 Å². The van der Waals surface area contributed by atoms with Crippen molar-refractivity contribution in [2.45, 2.75) is 44.8 Å². The molecule has 1 aliphatic rings. The number of carbonyl (C=O) groups is 1. The number of nitrogens with zero attached hydrogens (tertiary/aromatic N) is 2. The molecule has 2 aromatic rings. The Bertz CT molecular complexity index is 1050. The molecule has 1 N–H and O–H groups in total. The highest BCUT2D eigenvalue weighted by atomic mass is 32.2. The maximum Gasteiger partial charge on any atom is 0.255 e. The molecular formula is C24H31N3O5S. The SMILES string of the molecule is COc1cc(/C=N/NC(=O)CN(C2CCCCC2)S(C)(=O)=O)ccc1OCc1ccccc1. The highest BCUT2D eigenvalue weighted by Gasteiger charge is 2.29. The summed E-state index contributed by atoms with van der Waals surface area (Å²) in [5.74, 6) is 0.664. The van der Waals surface area contributed by atoms with Gasteiger partial charge in [0.25, 0.3) is 5.91 Å². The molecular weight excluding hydrogens is 442 g/mol. The number of methoxy groups -OCH3 is 1. The molecule has 1 saturated carbocycles. The van der Waals surface area contributed by atoms with E-state index in [1.54, 1.807) is 25.3 Å². The van der Waals surface area contributed by atoms with E-state index in [0.717, 1.165) is 43.9 Å². The zero-order valence-electron chi connectivity index (χ0n) is 19.1. The predicted octanol–water partition coefficient (Wildman–Crippen LogP) is 3.32. The Hall–Kier alpha value is -2.91. The fourth-order valence-corrected chi connectivity index (χ4v) is 4.97. The minimum Gasteiger partial charge on any atom is -0.493 e. The molecule has 0 bridgehead atoms. The molecule has 0 heterocycles. The van der Waals surface area contributed by atoms with E-state index in [1.165, 1.54) is 10.5 Å². The summed E-state index contributed by atoms with van der Waals surface area (Å²) in [6.45, 7) is 0.176. The molecule has 33 heavy (non-hydrogen) atoms. The Labute approximate surface area is 195 Å². The number of carbonyl (C=O) groups excluding carboxylic acids is 1. The summed E-state index contributed by atoms with van der Waals surface area (Å²) >= 11 is 0. The summed E-state index contributed by atoms with van der Waals surface area (Å²) < 4.78 is 36.9. The van der Waals surface area contributed by atoms with Gasteiger partial charge in [0.2, 0.25) is 10.0 Å². The van der Waals surface area contributed by atoms with E-state index in [9.17, 15) is 13.2 Å². The van der Waals surface area contributed by atoms with Gasteiger partial charge in [-0.25, -0.2) is 13.8 Å². The fourth-order valence-electron chi connectivity index (χ4n) is 3.86. The number of amides is 1. The van der Waals surface area contributed by atoms with Crippen molar-refractivity contribution >= 4 is 22.1 Å². The third kappa shape index (κ3) is 7.57. The molecule has 9 heteroatoms. The number of hydrogen-bond acceptors (Lipinski definition) is 6. The van der Waals surface area contributed by atoms with E-state index in [0.29, 0.717) is 23.7 Å². The summed E-state index contributed by atoms with van der Waals surface area (Å²) in [5, 5.41) is 3.98. The first-order valence-electron chi connectivity index (χ1n) is 11.0. The molecule has 178 valence electrons.